The van der Waals surface area contributed by atoms with Gasteiger partial charge in [-0.25, -0.2) is 0 Å². The predicted octanol–water partition coefficient (Wildman–Crippen LogP) is 4.61. The van der Waals surface area contributed by atoms with Crippen molar-refractivity contribution in [2.45, 2.75) is 45.6 Å². The van der Waals surface area contributed by atoms with Crippen molar-refractivity contribution in [3.8, 4) is 11.5 Å². The molecule has 0 unspecified atom stereocenters. The molecule has 156 valence electrons. The Kier molecular flexibility index (Phi) is 6.68. The van der Waals surface area contributed by atoms with Gasteiger partial charge in [0.05, 0.1) is 7.11 Å². The summed E-state index contributed by atoms with van der Waals surface area (Å²) in [6.45, 7) is 9.03. The second-order valence-electron chi connectivity index (χ2n) is 8.54. The number of nitrogens with zero attached hydrogens (tertiary/aromatic N) is 1. The molecule has 1 aliphatic heterocycles. The lowest BCUT2D eigenvalue weighted by Gasteiger charge is -2.19. The number of amides is 1. The largest absolute Gasteiger partial charge is 0.493 e. The first kappa shape index (κ1) is 21.0. The third kappa shape index (κ3) is 5.66. The molecule has 0 aromatic heterocycles. The molecule has 1 heterocycles. The Hall–Kier alpha value is -2.69. The number of nitrogens with one attached hydrogen (secondary N) is 1. The fraction of sp³-hybridized carbons (Fsp3) is 0.458. The number of benzene rings is 2. The van der Waals surface area contributed by atoms with E-state index in [2.05, 4.69) is 50.4 Å². The molecule has 5 heteroatoms. The van der Waals surface area contributed by atoms with Crippen LogP contribution in [0.2, 0.25) is 0 Å². The Bertz CT molecular complexity index is 819. The molecule has 5 nitrogen and oxygen atoms in total. The first-order valence-corrected chi connectivity index (χ1v) is 10.3. The van der Waals surface area contributed by atoms with Crippen LogP contribution in [-0.4, -0.2) is 37.6 Å². The third-order valence-electron chi connectivity index (χ3n) is 5.29. The van der Waals surface area contributed by atoms with Gasteiger partial charge >= 0.3 is 0 Å². The van der Waals surface area contributed by atoms with Gasteiger partial charge in [-0.05, 0) is 53.6 Å². The van der Waals surface area contributed by atoms with Gasteiger partial charge in [-0.15, -0.1) is 0 Å². The van der Waals surface area contributed by atoms with Crippen LogP contribution < -0.4 is 14.8 Å². The van der Waals surface area contributed by atoms with Gasteiger partial charge in [-0.3, -0.25) is 4.79 Å². The van der Waals surface area contributed by atoms with Crippen molar-refractivity contribution in [2.75, 3.05) is 32.1 Å². The van der Waals surface area contributed by atoms with E-state index in [1.54, 1.807) is 7.11 Å². The lowest BCUT2D eigenvalue weighted by Crippen LogP contribution is -2.32. The van der Waals surface area contributed by atoms with Gasteiger partial charge in [-0.1, -0.05) is 39.0 Å². The van der Waals surface area contributed by atoms with Crippen molar-refractivity contribution in [3.63, 3.8) is 0 Å². The molecule has 0 atom stereocenters. The molecule has 29 heavy (non-hydrogen) atoms. The maximum Gasteiger partial charge on any atom is 0.260 e. The summed E-state index contributed by atoms with van der Waals surface area (Å²) in [6, 6.07) is 14.4. The molecule has 0 aliphatic carbocycles. The number of methoxy groups -OCH3 is 1. The van der Waals surface area contributed by atoms with Crippen molar-refractivity contribution in [2.24, 2.45) is 0 Å². The average Bonchev–Trinajstić information content (AvgIpc) is 3.25. The Labute approximate surface area is 174 Å². The van der Waals surface area contributed by atoms with Crippen LogP contribution in [0, 0.1) is 0 Å². The van der Waals surface area contributed by atoms with E-state index in [0.29, 0.717) is 18.0 Å². The lowest BCUT2D eigenvalue weighted by atomic mass is 9.87. The number of ether oxygens (including phenoxy) is 2. The van der Waals surface area contributed by atoms with E-state index in [4.69, 9.17) is 9.47 Å². The van der Waals surface area contributed by atoms with Gasteiger partial charge in [0.1, 0.15) is 0 Å². The predicted molar refractivity (Wildman–Crippen MR) is 117 cm³/mol. The van der Waals surface area contributed by atoms with Crippen LogP contribution in [0.3, 0.4) is 0 Å². The number of hydrogen-bond acceptors (Lipinski definition) is 4. The van der Waals surface area contributed by atoms with Crippen molar-refractivity contribution in [1.29, 1.82) is 0 Å². The highest BCUT2D eigenvalue weighted by molar-refractivity contribution is 5.78. The highest BCUT2D eigenvalue weighted by Crippen LogP contribution is 2.29. The summed E-state index contributed by atoms with van der Waals surface area (Å²) in [5.41, 5.74) is 3.63. The summed E-state index contributed by atoms with van der Waals surface area (Å²) < 4.78 is 11.2. The second kappa shape index (κ2) is 9.21. The Balaban J connectivity index is 1.57. The number of rotatable bonds is 7. The first-order valence-electron chi connectivity index (χ1n) is 10.3. The van der Waals surface area contributed by atoms with Crippen LogP contribution in [-0.2, 0) is 16.8 Å². The summed E-state index contributed by atoms with van der Waals surface area (Å²) in [5, 5.41) is 3.44. The van der Waals surface area contributed by atoms with Crippen molar-refractivity contribution in [3.05, 3.63) is 53.6 Å². The molecule has 2 aromatic carbocycles. The molecule has 0 saturated carbocycles. The zero-order valence-electron chi connectivity index (χ0n) is 18.0. The van der Waals surface area contributed by atoms with Crippen LogP contribution >= 0.6 is 0 Å². The van der Waals surface area contributed by atoms with Crippen molar-refractivity contribution >= 4 is 11.6 Å². The minimum absolute atomic E-state index is 0.0361. The molecule has 1 N–H and O–H groups in total. The molecule has 0 bridgehead atoms. The molecule has 0 radical (unpaired) electrons. The van der Waals surface area contributed by atoms with Gasteiger partial charge in [0.25, 0.3) is 5.91 Å². The molecule has 1 fully saturated rings. The molecule has 1 saturated heterocycles. The number of anilines is 1. The summed E-state index contributed by atoms with van der Waals surface area (Å²) in [7, 11) is 1.62. The van der Waals surface area contributed by atoms with E-state index in [0.717, 1.165) is 37.2 Å². The number of carbonyl (C=O) groups excluding carboxylic acids is 1. The smallest absolute Gasteiger partial charge is 0.260 e. The minimum Gasteiger partial charge on any atom is -0.493 e. The maximum absolute atomic E-state index is 12.2. The summed E-state index contributed by atoms with van der Waals surface area (Å²) in [4.78, 5) is 14.0. The quantitative estimate of drug-likeness (QED) is 0.743. The SMILES string of the molecule is COc1cc(CNc2ccc(C(C)(C)C)cc2)ccc1OCC(=O)N1CCCC1. The lowest BCUT2D eigenvalue weighted by molar-refractivity contribution is -0.132. The molecule has 0 spiro atoms. The molecule has 2 aromatic rings. The number of hydrogen-bond donors (Lipinski definition) is 1. The van der Waals surface area contributed by atoms with E-state index in [1.165, 1.54) is 5.56 Å². The first-order chi connectivity index (χ1) is 13.9. The standard InChI is InChI=1S/C24H32N2O3/c1-24(2,3)19-8-10-20(11-9-19)25-16-18-7-12-21(22(15-18)28-4)29-17-23(27)26-13-5-6-14-26/h7-12,15,25H,5-6,13-14,16-17H2,1-4H3. The van der Waals surface area contributed by atoms with E-state index in [1.807, 2.05) is 23.1 Å². The number of likely N-dealkylation sites (tertiary alicyclic amines) is 1. The van der Waals surface area contributed by atoms with Crippen molar-refractivity contribution < 1.29 is 14.3 Å². The Morgan fingerprint density at radius 1 is 1.03 bits per heavy atom. The summed E-state index contributed by atoms with van der Waals surface area (Å²) in [6.07, 6.45) is 2.16. The average molecular weight is 397 g/mol. The highest BCUT2D eigenvalue weighted by atomic mass is 16.5. The Morgan fingerprint density at radius 2 is 1.72 bits per heavy atom. The van der Waals surface area contributed by atoms with E-state index in [9.17, 15) is 4.79 Å². The zero-order chi connectivity index (χ0) is 20.9. The van der Waals surface area contributed by atoms with E-state index < -0.39 is 0 Å². The van der Waals surface area contributed by atoms with Crippen LogP contribution in [0.25, 0.3) is 0 Å². The van der Waals surface area contributed by atoms with Crippen LogP contribution in [0.5, 0.6) is 11.5 Å². The van der Waals surface area contributed by atoms with Gasteiger partial charge < -0.3 is 19.7 Å². The topological polar surface area (TPSA) is 50.8 Å². The molecular weight excluding hydrogens is 364 g/mol. The van der Waals surface area contributed by atoms with Crippen LogP contribution in [0.4, 0.5) is 5.69 Å². The van der Waals surface area contributed by atoms with Gasteiger partial charge in [0.15, 0.2) is 18.1 Å². The molecule has 1 aliphatic rings. The van der Waals surface area contributed by atoms with Gasteiger partial charge in [-0.2, -0.15) is 0 Å². The van der Waals surface area contributed by atoms with Crippen molar-refractivity contribution in [1.82, 2.24) is 4.90 Å². The second-order valence-corrected chi connectivity index (χ2v) is 8.54. The Morgan fingerprint density at radius 3 is 2.34 bits per heavy atom. The third-order valence-corrected chi connectivity index (χ3v) is 5.29. The fourth-order valence-electron chi connectivity index (χ4n) is 3.43. The van der Waals surface area contributed by atoms with Crippen LogP contribution in [0.1, 0.15) is 44.7 Å². The van der Waals surface area contributed by atoms with Crippen LogP contribution in [0.15, 0.2) is 42.5 Å². The maximum atomic E-state index is 12.2. The monoisotopic (exact) mass is 396 g/mol. The van der Waals surface area contributed by atoms with E-state index >= 15 is 0 Å². The molecule has 1 amide bonds. The zero-order valence-corrected chi connectivity index (χ0v) is 18.0. The minimum atomic E-state index is 0.0361. The van der Waals surface area contributed by atoms with Gasteiger partial charge in [0, 0.05) is 25.3 Å². The summed E-state index contributed by atoms with van der Waals surface area (Å²) in [5.74, 6) is 1.27. The van der Waals surface area contributed by atoms with E-state index in [-0.39, 0.29) is 17.9 Å². The van der Waals surface area contributed by atoms with Gasteiger partial charge in [0.2, 0.25) is 0 Å². The normalized spacial score (nSPS) is 14.0. The molecule has 3 rings (SSSR count). The molecular formula is C24H32N2O3. The summed E-state index contributed by atoms with van der Waals surface area (Å²) >= 11 is 0. The number of carbonyl (C=O) groups is 1. The highest BCUT2D eigenvalue weighted by Gasteiger charge is 2.19. The fourth-order valence-corrected chi connectivity index (χ4v) is 3.43.